The van der Waals surface area contributed by atoms with Crippen molar-refractivity contribution in [2.45, 2.75) is 38.8 Å². The maximum absolute atomic E-state index is 6.05. The lowest BCUT2D eigenvalue weighted by molar-refractivity contribution is 0.130. The summed E-state index contributed by atoms with van der Waals surface area (Å²) in [6.07, 6.45) is 2.23. The Morgan fingerprint density at radius 3 is 2.50 bits per heavy atom. The fourth-order valence-corrected chi connectivity index (χ4v) is 3.94. The maximum Gasteiger partial charge on any atom is 0.215 e. The zero-order chi connectivity index (χ0) is 13.1. The molecule has 0 aromatic heterocycles. The molecule has 0 bridgehead atoms. The van der Waals surface area contributed by atoms with Crippen LogP contribution in [-0.4, -0.2) is 28.9 Å². The summed E-state index contributed by atoms with van der Waals surface area (Å²) < 4.78 is 11.4. The molecule has 2 nitrogen and oxygen atoms in total. The van der Waals surface area contributed by atoms with Crippen LogP contribution in [0.1, 0.15) is 32.3 Å². The number of benzene rings is 1. The van der Waals surface area contributed by atoms with E-state index < -0.39 is 9.04 Å². The predicted octanol–water partition coefficient (Wildman–Crippen LogP) is 3.61. The lowest BCUT2D eigenvalue weighted by atomic mass is 10.2. The van der Waals surface area contributed by atoms with Crippen LogP contribution in [0.3, 0.4) is 0 Å². The normalized spacial score (nSPS) is 11.1. The van der Waals surface area contributed by atoms with Gasteiger partial charge in [0.1, 0.15) is 0 Å². The third-order valence-corrected chi connectivity index (χ3v) is 5.19. The predicted molar refractivity (Wildman–Crippen MR) is 78.1 cm³/mol. The average Bonchev–Trinajstić information content (AvgIpc) is 2.40. The van der Waals surface area contributed by atoms with Gasteiger partial charge in [-0.05, 0) is 31.0 Å². The van der Waals surface area contributed by atoms with Crippen molar-refractivity contribution in [3.05, 3.63) is 35.9 Å². The Balaban J connectivity index is 2.26. The van der Waals surface area contributed by atoms with Crippen molar-refractivity contribution in [3.8, 4) is 0 Å². The molecule has 1 aromatic rings. The Kier molecular flexibility index (Phi) is 8.82. The molecular weight excluding hydrogens is 240 g/mol. The van der Waals surface area contributed by atoms with Gasteiger partial charge >= 0.3 is 0 Å². The Labute approximate surface area is 113 Å². The van der Waals surface area contributed by atoms with Crippen molar-refractivity contribution >= 4 is 9.04 Å². The lowest BCUT2D eigenvalue weighted by Gasteiger charge is -2.15. The summed E-state index contributed by atoms with van der Waals surface area (Å²) in [7, 11) is -0.690. The summed E-state index contributed by atoms with van der Waals surface area (Å²) in [6, 6.07) is 13.0. The van der Waals surface area contributed by atoms with E-state index in [-0.39, 0.29) is 0 Å². The van der Waals surface area contributed by atoms with Crippen molar-refractivity contribution < 1.29 is 9.16 Å². The first-order valence-electron chi connectivity index (χ1n) is 6.96. The largest absolute Gasteiger partial charge is 0.416 e. The van der Waals surface area contributed by atoms with Gasteiger partial charge in [-0.25, -0.2) is 0 Å². The highest BCUT2D eigenvalue weighted by Gasteiger charge is 2.12. The molecular formula is C15H25O2Si. The molecule has 0 spiro atoms. The molecule has 0 amide bonds. The van der Waals surface area contributed by atoms with Crippen LogP contribution in [0, 0.1) is 0 Å². The molecule has 101 valence electrons. The molecule has 0 heterocycles. The Morgan fingerprint density at radius 1 is 1.06 bits per heavy atom. The van der Waals surface area contributed by atoms with Gasteiger partial charge in [-0.3, -0.25) is 0 Å². The van der Waals surface area contributed by atoms with Gasteiger partial charge in [0.15, 0.2) is 0 Å². The highest BCUT2D eigenvalue weighted by atomic mass is 28.3. The van der Waals surface area contributed by atoms with Gasteiger partial charge in [0.05, 0.1) is 0 Å². The summed E-state index contributed by atoms with van der Waals surface area (Å²) in [5.41, 5.74) is 1.41. The molecule has 0 N–H and O–H groups in total. The van der Waals surface area contributed by atoms with Crippen molar-refractivity contribution in [1.82, 2.24) is 0 Å². The first-order chi connectivity index (χ1) is 8.86. The van der Waals surface area contributed by atoms with Crippen molar-refractivity contribution in [2.24, 2.45) is 0 Å². The van der Waals surface area contributed by atoms with Gasteiger partial charge in [0, 0.05) is 19.8 Å². The molecule has 0 saturated carbocycles. The molecule has 0 saturated heterocycles. The second-order valence-corrected chi connectivity index (χ2v) is 6.57. The van der Waals surface area contributed by atoms with Gasteiger partial charge in [0.2, 0.25) is 9.04 Å². The molecule has 18 heavy (non-hydrogen) atoms. The second kappa shape index (κ2) is 10.3. The van der Waals surface area contributed by atoms with E-state index in [2.05, 4.69) is 37.3 Å². The van der Waals surface area contributed by atoms with E-state index in [1.165, 1.54) is 18.0 Å². The first kappa shape index (κ1) is 15.4. The molecule has 0 atom stereocenters. The minimum Gasteiger partial charge on any atom is -0.416 e. The molecule has 0 aliphatic heterocycles. The number of hydrogen-bond acceptors (Lipinski definition) is 2. The van der Waals surface area contributed by atoms with E-state index in [1.54, 1.807) is 0 Å². The topological polar surface area (TPSA) is 18.5 Å². The van der Waals surface area contributed by atoms with E-state index in [0.29, 0.717) is 0 Å². The van der Waals surface area contributed by atoms with Crippen LogP contribution >= 0.6 is 0 Å². The van der Waals surface area contributed by atoms with Crippen LogP contribution in [0.25, 0.3) is 0 Å². The summed E-state index contributed by atoms with van der Waals surface area (Å²) in [5.74, 6) is 0. The van der Waals surface area contributed by atoms with Crippen molar-refractivity contribution in [1.29, 1.82) is 0 Å². The molecule has 0 fully saturated rings. The van der Waals surface area contributed by atoms with Gasteiger partial charge in [-0.2, -0.15) is 0 Å². The third-order valence-electron chi connectivity index (χ3n) is 2.72. The molecule has 1 rings (SSSR count). The number of hydrogen-bond donors (Lipinski definition) is 0. The van der Waals surface area contributed by atoms with Crippen LogP contribution < -0.4 is 0 Å². The Morgan fingerprint density at radius 2 is 1.83 bits per heavy atom. The fraction of sp³-hybridized carbons (Fsp3) is 0.600. The van der Waals surface area contributed by atoms with Gasteiger partial charge < -0.3 is 9.16 Å². The molecule has 0 aliphatic carbocycles. The SMILES string of the molecule is CCC[Si](Cc1ccccc1)OCCCOCC. The summed E-state index contributed by atoms with van der Waals surface area (Å²) >= 11 is 0. The van der Waals surface area contributed by atoms with Gasteiger partial charge in [-0.1, -0.05) is 43.7 Å². The first-order valence-corrected chi connectivity index (χ1v) is 8.78. The summed E-state index contributed by atoms with van der Waals surface area (Å²) in [6.45, 7) is 6.74. The summed E-state index contributed by atoms with van der Waals surface area (Å²) in [4.78, 5) is 0. The minimum atomic E-state index is -0.690. The lowest BCUT2D eigenvalue weighted by Crippen LogP contribution is -2.22. The van der Waals surface area contributed by atoms with Gasteiger partial charge in [-0.15, -0.1) is 0 Å². The van der Waals surface area contributed by atoms with E-state index >= 15 is 0 Å². The molecule has 3 heteroatoms. The van der Waals surface area contributed by atoms with E-state index in [0.717, 1.165) is 32.3 Å². The van der Waals surface area contributed by atoms with Crippen molar-refractivity contribution in [3.63, 3.8) is 0 Å². The molecule has 0 unspecified atom stereocenters. The zero-order valence-electron chi connectivity index (χ0n) is 11.7. The quantitative estimate of drug-likeness (QED) is 0.475. The average molecular weight is 265 g/mol. The number of rotatable bonds is 10. The van der Waals surface area contributed by atoms with Crippen molar-refractivity contribution in [2.75, 3.05) is 19.8 Å². The fourth-order valence-electron chi connectivity index (χ4n) is 1.84. The molecule has 1 radical (unpaired) electrons. The molecule has 1 aromatic carbocycles. The van der Waals surface area contributed by atoms with Crippen LogP contribution in [0.5, 0.6) is 0 Å². The Bertz CT molecular complexity index is 290. The Hall–Kier alpha value is -0.643. The van der Waals surface area contributed by atoms with Crippen LogP contribution in [0.2, 0.25) is 6.04 Å². The molecule has 0 aliphatic rings. The van der Waals surface area contributed by atoms with Crippen LogP contribution in [0.15, 0.2) is 30.3 Å². The highest BCUT2D eigenvalue weighted by molar-refractivity contribution is 6.51. The highest BCUT2D eigenvalue weighted by Crippen LogP contribution is 2.09. The van der Waals surface area contributed by atoms with E-state index in [4.69, 9.17) is 9.16 Å². The van der Waals surface area contributed by atoms with Gasteiger partial charge in [0.25, 0.3) is 0 Å². The van der Waals surface area contributed by atoms with E-state index in [9.17, 15) is 0 Å². The third kappa shape index (κ3) is 6.94. The smallest absolute Gasteiger partial charge is 0.215 e. The minimum absolute atomic E-state index is 0.690. The summed E-state index contributed by atoms with van der Waals surface area (Å²) in [5, 5.41) is 0. The number of ether oxygens (including phenoxy) is 1. The monoisotopic (exact) mass is 265 g/mol. The maximum atomic E-state index is 6.05. The second-order valence-electron chi connectivity index (χ2n) is 4.35. The standard InChI is InChI=1S/C15H25O2Si/c1-3-13-18(17-12-8-11-16-4-2)14-15-9-6-5-7-10-15/h5-7,9-10H,3-4,8,11-14H2,1-2H3. The van der Waals surface area contributed by atoms with E-state index in [1.807, 2.05) is 6.92 Å². The van der Waals surface area contributed by atoms with Crippen LogP contribution in [-0.2, 0) is 15.2 Å². The van der Waals surface area contributed by atoms with Crippen LogP contribution in [0.4, 0.5) is 0 Å². The zero-order valence-corrected chi connectivity index (χ0v) is 12.7.